The third kappa shape index (κ3) is 1.81. The van der Waals surface area contributed by atoms with Crippen LogP contribution in [-0.2, 0) is 11.4 Å². The fraction of sp³-hybridized carbons (Fsp3) is 0.667. The van der Waals surface area contributed by atoms with Gasteiger partial charge in [-0.3, -0.25) is 4.68 Å². The maximum atomic E-state index is 5.74. The third-order valence-electron chi connectivity index (χ3n) is 1.83. The largest absolute Gasteiger partial charge is 0.267 e. The molecule has 68 valence electrons. The van der Waals surface area contributed by atoms with Gasteiger partial charge in [0.05, 0.1) is 17.1 Å². The van der Waals surface area contributed by atoms with Crippen LogP contribution < -0.4 is 0 Å². The molecule has 1 rings (SSSR count). The first-order chi connectivity index (χ1) is 5.45. The van der Waals surface area contributed by atoms with E-state index in [4.69, 9.17) is 11.6 Å². The molecule has 0 aliphatic carbocycles. The summed E-state index contributed by atoms with van der Waals surface area (Å²) >= 11 is 5.74. The molecule has 0 aromatic carbocycles. The summed E-state index contributed by atoms with van der Waals surface area (Å²) in [5.74, 6) is 0.544. The lowest BCUT2D eigenvalue weighted by Crippen LogP contribution is -2.22. The minimum absolute atomic E-state index is 0.0507. The van der Waals surface area contributed by atoms with Crippen molar-refractivity contribution in [3.05, 3.63) is 17.5 Å². The molecule has 0 radical (unpaired) electrons. The molecule has 0 atom stereocenters. The second-order valence-electron chi connectivity index (χ2n) is 3.99. The van der Waals surface area contributed by atoms with Crippen LogP contribution in [0.15, 0.2) is 6.20 Å². The fourth-order valence-corrected chi connectivity index (χ4v) is 1.23. The molecule has 0 aliphatic rings. The molecule has 3 heteroatoms. The van der Waals surface area contributed by atoms with Gasteiger partial charge in [-0.2, -0.15) is 5.10 Å². The van der Waals surface area contributed by atoms with Gasteiger partial charge < -0.3 is 0 Å². The van der Waals surface area contributed by atoms with Gasteiger partial charge in [-0.05, 0) is 27.7 Å². The van der Waals surface area contributed by atoms with Crippen LogP contribution in [0.4, 0.5) is 0 Å². The number of aromatic nitrogens is 2. The molecular formula is C9H15ClN2. The zero-order chi connectivity index (χ0) is 9.35. The van der Waals surface area contributed by atoms with Crippen LogP contribution in [0.25, 0.3) is 0 Å². The molecule has 0 spiro atoms. The lowest BCUT2D eigenvalue weighted by atomic mass is 10.1. The summed E-state index contributed by atoms with van der Waals surface area (Å²) in [5.41, 5.74) is 2.20. The van der Waals surface area contributed by atoms with Gasteiger partial charge in [0.15, 0.2) is 0 Å². The van der Waals surface area contributed by atoms with E-state index in [9.17, 15) is 0 Å². The summed E-state index contributed by atoms with van der Waals surface area (Å²) < 4.78 is 1.96. The highest BCUT2D eigenvalue weighted by molar-refractivity contribution is 6.17. The van der Waals surface area contributed by atoms with Crippen LogP contribution in [0.3, 0.4) is 0 Å². The van der Waals surface area contributed by atoms with Gasteiger partial charge in [0.25, 0.3) is 0 Å². The Balaban J connectivity index is 3.05. The standard InChI is InChI=1S/C9H15ClN2/c1-7-8(5-10)6-12(11-7)9(2,3)4/h6H,5H2,1-4H3. The molecule has 1 aromatic rings. The maximum absolute atomic E-state index is 5.74. The van der Waals surface area contributed by atoms with Crippen molar-refractivity contribution in [1.82, 2.24) is 9.78 Å². The Morgan fingerprint density at radius 2 is 2.08 bits per heavy atom. The molecule has 0 unspecified atom stereocenters. The number of alkyl halides is 1. The van der Waals surface area contributed by atoms with E-state index in [1.807, 2.05) is 17.8 Å². The second-order valence-corrected chi connectivity index (χ2v) is 4.26. The summed E-state index contributed by atoms with van der Waals surface area (Å²) in [4.78, 5) is 0. The predicted molar refractivity (Wildman–Crippen MR) is 51.5 cm³/mol. The fourth-order valence-electron chi connectivity index (χ4n) is 0.971. The highest BCUT2D eigenvalue weighted by Crippen LogP contribution is 2.16. The average molecular weight is 187 g/mol. The smallest absolute Gasteiger partial charge is 0.0638 e. The van der Waals surface area contributed by atoms with Crippen molar-refractivity contribution in [2.24, 2.45) is 0 Å². The molecule has 12 heavy (non-hydrogen) atoms. The van der Waals surface area contributed by atoms with E-state index < -0.39 is 0 Å². The first-order valence-corrected chi connectivity index (χ1v) is 4.60. The van der Waals surface area contributed by atoms with E-state index in [0.29, 0.717) is 5.88 Å². The Morgan fingerprint density at radius 3 is 2.33 bits per heavy atom. The normalized spacial score (nSPS) is 12.1. The van der Waals surface area contributed by atoms with E-state index >= 15 is 0 Å². The molecule has 0 aliphatic heterocycles. The topological polar surface area (TPSA) is 17.8 Å². The van der Waals surface area contributed by atoms with Gasteiger partial charge in [-0.15, -0.1) is 11.6 Å². The van der Waals surface area contributed by atoms with E-state index in [1.165, 1.54) is 0 Å². The number of rotatable bonds is 1. The Bertz CT molecular complexity index is 271. The number of hydrogen-bond acceptors (Lipinski definition) is 1. The zero-order valence-corrected chi connectivity index (χ0v) is 8.81. The van der Waals surface area contributed by atoms with Gasteiger partial charge >= 0.3 is 0 Å². The molecule has 0 saturated heterocycles. The lowest BCUT2D eigenvalue weighted by molar-refractivity contribution is 0.354. The summed E-state index contributed by atoms with van der Waals surface area (Å²) in [5, 5.41) is 4.38. The Kier molecular flexibility index (Phi) is 2.47. The second kappa shape index (κ2) is 3.09. The highest BCUT2D eigenvalue weighted by atomic mass is 35.5. The van der Waals surface area contributed by atoms with Gasteiger partial charge in [0.2, 0.25) is 0 Å². The highest BCUT2D eigenvalue weighted by Gasteiger charge is 2.15. The lowest BCUT2D eigenvalue weighted by Gasteiger charge is -2.18. The number of aryl methyl sites for hydroxylation is 1. The third-order valence-corrected chi connectivity index (χ3v) is 2.12. The maximum Gasteiger partial charge on any atom is 0.0638 e. The van der Waals surface area contributed by atoms with Crippen molar-refractivity contribution in [2.45, 2.75) is 39.1 Å². The van der Waals surface area contributed by atoms with Crippen LogP contribution in [0, 0.1) is 6.92 Å². The summed E-state index contributed by atoms with van der Waals surface area (Å²) in [7, 11) is 0. The van der Waals surface area contributed by atoms with E-state index in [2.05, 4.69) is 25.9 Å². The predicted octanol–water partition coefficient (Wildman–Crippen LogP) is 2.69. The summed E-state index contributed by atoms with van der Waals surface area (Å²) in [6, 6.07) is 0. The zero-order valence-electron chi connectivity index (χ0n) is 8.06. The first kappa shape index (κ1) is 9.59. The Morgan fingerprint density at radius 1 is 1.50 bits per heavy atom. The van der Waals surface area contributed by atoms with Crippen molar-refractivity contribution < 1.29 is 0 Å². The van der Waals surface area contributed by atoms with E-state index in [1.54, 1.807) is 0 Å². The van der Waals surface area contributed by atoms with Crippen molar-refractivity contribution in [3.63, 3.8) is 0 Å². The SMILES string of the molecule is Cc1nn(C(C)(C)C)cc1CCl. The van der Waals surface area contributed by atoms with Crippen molar-refractivity contribution >= 4 is 11.6 Å². The molecule has 0 fully saturated rings. The summed E-state index contributed by atoms with van der Waals surface area (Å²) in [6.45, 7) is 8.35. The Hall–Kier alpha value is -0.500. The van der Waals surface area contributed by atoms with Crippen molar-refractivity contribution in [1.29, 1.82) is 0 Å². The minimum Gasteiger partial charge on any atom is -0.267 e. The summed E-state index contributed by atoms with van der Waals surface area (Å²) in [6.07, 6.45) is 2.02. The molecular weight excluding hydrogens is 172 g/mol. The van der Waals surface area contributed by atoms with Gasteiger partial charge in [0.1, 0.15) is 0 Å². The van der Waals surface area contributed by atoms with Crippen molar-refractivity contribution in [3.8, 4) is 0 Å². The number of hydrogen-bond donors (Lipinski definition) is 0. The molecule has 0 saturated carbocycles. The molecule has 2 nitrogen and oxygen atoms in total. The van der Waals surface area contributed by atoms with Gasteiger partial charge in [0, 0.05) is 11.8 Å². The monoisotopic (exact) mass is 186 g/mol. The van der Waals surface area contributed by atoms with Crippen LogP contribution in [0.5, 0.6) is 0 Å². The number of halogens is 1. The van der Waals surface area contributed by atoms with E-state index in [-0.39, 0.29) is 5.54 Å². The van der Waals surface area contributed by atoms with Crippen LogP contribution >= 0.6 is 11.6 Å². The molecule has 1 aromatic heterocycles. The minimum atomic E-state index is 0.0507. The first-order valence-electron chi connectivity index (χ1n) is 4.06. The van der Waals surface area contributed by atoms with Crippen molar-refractivity contribution in [2.75, 3.05) is 0 Å². The molecule has 0 bridgehead atoms. The van der Waals surface area contributed by atoms with Gasteiger partial charge in [-0.25, -0.2) is 0 Å². The van der Waals surface area contributed by atoms with Crippen LogP contribution in [-0.4, -0.2) is 9.78 Å². The quantitative estimate of drug-likeness (QED) is 0.617. The van der Waals surface area contributed by atoms with Gasteiger partial charge in [-0.1, -0.05) is 0 Å². The average Bonchev–Trinajstić information content (AvgIpc) is 2.29. The Labute approximate surface area is 78.5 Å². The van der Waals surface area contributed by atoms with Crippen LogP contribution in [0.1, 0.15) is 32.0 Å². The molecule has 0 N–H and O–H groups in total. The number of nitrogens with zero attached hydrogens (tertiary/aromatic N) is 2. The molecule has 0 amide bonds. The molecule has 1 heterocycles. The van der Waals surface area contributed by atoms with E-state index in [0.717, 1.165) is 11.3 Å². The van der Waals surface area contributed by atoms with Crippen LogP contribution in [0.2, 0.25) is 0 Å².